The van der Waals surface area contributed by atoms with Crippen LogP contribution < -0.4 is 5.32 Å². The molecule has 0 aliphatic rings. The molecule has 162 valence electrons. The molecule has 2 N–H and O–H groups in total. The number of amides is 1. The number of hydrogen-bond acceptors (Lipinski definition) is 5. The number of anilines is 1. The summed E-state index contributed by atoms with van der Waals surface area (Å²) in [6.45, 7) is 0. The molecule has 1 amide bonds. The van der Waals surface area contributed by atoms with Gasteiger partial charge in [0.25, 0.3) is 0 Å². The van der Waals surface area contributed by atoms with E-state index in [1.54, 1.807) is 18.2 Å². The molecule has 4 rings (SSSR count). The summed E-state index contributed by atoms with van der Waals surface area (Å²) in [7, 11) is 0. The van der Waals surface area contributed by atoms with Crippen LogP contribution in [0.15, 0.2) is 78.0 Å². The van der Waals surface area contributed by atoms with Crippen LogP contribution in [0.25, 0.3) is 5.69 Å². The average Bonchev–Trinajstić information content (AvgIpc) is 3.18. The quantitative estimate of drug-likeness (QED) is 0.263. The number of nitrogens with one attached hydrogen (secondary N) is 1. The van der Waals surface area contributed by atoms with Gasteiger partial charge in [-0.1, -0.05) is 65.3 Å². The SMILES string of the molecule is O=C(CSc1nnc(Cc2ccccc2)n1-c1ccc(Cl)cc1)Nc1cc(Cl)ccc1O. The maximum absolute atomic E-state index is 12.5. The maximum atomic E-state index is 12.5. The molecule has 0 saturated carbocycles. The van der Waals surface area contributed by atoms with Crippen molar-refractivity contribution in [3.8, 4) is 11.4 Å². The van der Waals surface area contributed by atoms with Gasteiger partial charge in [0.05, 0.1) is 11.4 Å². The topological polar surface area (TPSA) is 80.0 Å². The number of aromatic hydroxyl groups is 1. The molecule has 0 unspecified atom stereocenters. The van der Waals surface area contributed by atoms with Crippen molar-refractivity contribution in [2.45, 2.75) is 11.6 Å². The van der Waals surface area contributed by atoms with E-state index in [4.69, 9.17) is 23.2 Å². The van der Waals surface area contributed by atoms with Crippen LogP contribution >= 0.6 is 35.0 Å². The summed E-state index contributed by atoms with van der Waals surface area (Å²) in [4.78, 5) is 12.5. The first kappa shape index (κ1) is 22.2. The lowest BCUT2D eigenvalue weighted by Gasteiger charge is -2.11. The molecule has 0 radical (unpaired) electrons. The number of phenolic OH excluding ortho intramolecular Hbond substituents is 1. The third-order valence-electron chi connectivity index (χ3n) is 4.56. The fourth-order valence-electron chi connectivity index (χ4n) is 3.06. The van der Waals surface area contributed by atoms with E-state index in [1.807, 2.05) is 47.0 Å². The summed E-state index contributed by atoms with van der Waals surface area (Å²) in [5, 5.41) is 22.9. The third-order valence-corrected chi connectivity index (χ3v) is 5.97. The number of hydrogen-bond donors (Lipinski definition) is 2. The van der Waals surface area contributed by atoms with Gasteiger partial charge in [-0.15, -0.1) is 10.2 Å². The number of rotatable bonds is 7. The van der Waals surface area contributed by atoms with Gasteiger partial charge >= 0.3 is 0 Å². The smallest absolute Gasteiger partial charge is 0.234 e. The Morgan fingerprint density at radius 2 is 1.69 bits per heavy atom. The molecule has 4 aromatic rings. The van der Waals surface area contributed by atoms with Crippen molar-refractivity contribution in [2.24, 2.45) is 0 Å². The fourth-order valence-corrected chi connectivity index (χ4v) is 4.13. The van der Waals surface area contributed by atoms with Crippen LogP contribution in [-0.2, 0) is 11.2 Å². The van der Waals surface area contributed by atoms with Gasteiger partial charge in [0.2, 0.25) is 5.91 Å². The summed E-state index contributed by atoms with van der Waals surface area (Å²) in [6, 6.07) is 21.8. The Kier molecular flexibility index (Phi) is 6.99. The molecule has 1 heterocycles. The van der Waals surface area contributed by atoms with Gasteiger partial charge in [0.1, 0.15) is 11.6 Å². The first-order valence-electron chi connectivity index (χ1n) is 9.65. The maximum Gasteiger partial charge on any atom is 0.234 e. The van der Waals surface area contributed by atoms with Crippen LogP contribution in [0.2, 0.25) is 10.0 Å². The molecule has 6 nitrogen and oxygen atoms in total. The van der Waals surface area contributed by atoms with E-state index >= 15 is 0 Å². The minimum absolute atomic E-state index is 0.0535. The van der Waals surface area contributed by atoms with Crippen LogP contribution in [-0.4, -0.2) is 31.5 Å². The van der Waals surface area contributed by atoms with Gasteiger partial charge < -0.3 is 10.4 Å². The minimum Gasteiger partial charge on any atom is -0.506 e. The second kappa shape index (κ2) is 10.1. The molecule has 0 saturated heterocycles. The Morgan fingerprint density at radius 1 is 0.969 bits per heavy atom. The zero-order valence-electron chi connectivity index (χ0n) is 16.7. The van der Waals surface area contributed by atoms with Crippen LogP contribution in [0.3, 0.4) is 0 Å². The summed E-state index contributed by atoms with van der Waals surface area (Å²) >= 11 is 13.2. The highest BCUT2D eigenvalue weighted by Crippen LogP contribution is 2.28. The van der Waals surface area contributed by atoms with E-state index in [1.165, 1.54) is 23.9 Å². The third kappa shape index (κ3) is 5.43. The lowest BCUT2D eigenvalue weighted by Crippen LogP contribution is -2.15. The van der Waals surface area contributed by atoms with Gasteiger partial charge in [-0.2, -0.15) is 0 Å². The Balaban J connectivity index is 1.55. The van der Waals surface area contributed by atoms with Crippen LogP contribution in [0.5, 0.6) is 5.75 Å². The van der Waals surface area contributed by atoms with Crippen molar-refractivity contribution < 1.29 is 9.90 Å². The van der Waals surface area contributed by atoms with E-state index in [-0.39, 0.29) is 23.1 Å². The van der Waals surface area contributed by atoms with Gasteiger partial charge in [-0.25, -0.2) is 0 Å². The van der Waals surface area contributed by atoms with E-state index < -0.39 is 0 Å². The van der Waals surface area contributed by atoms with Crippen LogP contribution in [0.1, 0.15) is 11.4 Å². The van der Waals surface area contributed by atoms with Crippen LogP contribution in [0, 0.1) is 0 Å². The summed E-state index contributed by atoms with van der Waals surface area (Å²) < 4.78 is 1.91. The number of thioether (sulfide) groups is 1. The normalized spacial score (nSPS) is 10.8. The number of nitrogens with zero attached hydrogens (tertiary/aromatic N) is 3. The number of carbonyl (C=O) groups is 1. The Morgan fingerprint density at radius 3 is 2.44 bits per heavy atom. The van der Waals surface area contributed by atoms with Gasteiger partial charge in [0.15, 0.2) is 5.16 Å². The number of phenols is 1. The molecular weight excluding hydrogens is 467 g/mol. The fraction of sp³-hybridized carbons (Fsp3) is 0.0870. The highest BCUT2D eigenvalue weighted by molar-refractivity contribution is 7.99. The van der Waals surface area contributed by atoms with E-state index in [9.17, 15) is 9.90 Å². The predicted molar refractivity (Wildman–Crippen MR) is 128 cm³/mol. The Labute approximate surface area is 199 Å². The molecule has 0 fully saturated rings. The summed E-state index contributed by atoms with van der Waals surface area (Å²) in [5.74, 6) is 0.460. The molecule has 0 bridgehead atoms. The highest BCUT2D eigenvalue weighted by atomic mass is 35.5. The molecule has 0 atom stereocenters. The number of aromatic nitrogens is 3. The van der Waals surface area contributed by atoms with E-state index in [0.29, 0.717) is 21.6 Å². The molecule has 3 aromatic carbocycles. The molecule has 32 heavy (non-hydrogen) atoms. The van der Waals surface area contributed by atoms with E-state index in [2.05, 4.69) is 15.5 Å². The standard InChI is InChI=1S/C23H18Cl2N4O2S/c24-16-6-9-18(10-7-16)29-21(12-15-4-2-1-3-5-15)27-28-23(29)32-14-22(31)26-19-13-17(25)8-11-20(19)30/h1-11,13,30H,12,14H2,(H,26,31). The minimum atomic E-state index is -0.303. The summed E-state index contributed by atoms with van der Waals surface area (Å²) in [6.07, 6.45) is 0.583. The summed E-state index contributed by atoms with van der Waals surface area (Å²) in [5.41, 5.74) is 2.20. The lowest BCUT2D eigenvalue weighted by molar-refractivity contribution is -0.113. The average molecular weight is 485 g/mol. The largest absolute Gasteiger partial charge is 0.506 e. The monoisotopic (exact) mass is 484 g/mol. The zero-order chi connectivity index (χ0) is 22.5. The zero-order valence-corrected chi connectivity index (χ0v) is 19.0. The van der Waals surface area contributed by atoms with Gasteiger partial charge in [-0.05, 0) is 48.0 Å². The van der Waals surface area contributed by atoms with Gasteiger partial charge in [-0.3, -0.25) is 9.36 Å². The number of benzene rings is 3. The molecule has 0 aliphatic heterocycles. The van der Waals surface area contributed by atoms with Crippen molar-refractivity contribution in [2.75, 3.05) is 11.1 Å². The van der Waals surface area contributed by atoms with Gasteiger partial charge in [0, 0.05) is 22.2 Å². The molecular formula is C23H18Cl2N4O2S. The predicted octanol–water partition coefficient (Wildman–Crippen LogP) is 5.60. The first-order valence-corrected chi connectivity index (χ1v) is 11.4. The molecule has 9 heteroatoms. The van der Waals surface area contributed by atoms with Crippen LogP contribution in [0.4, 0.5) is 5.69 Å². The van der Waals surface area contributed by atoms with Crippen molar-refractivity contribution in [3.63, 3.8) is 0 Å². The number of carbonyl (C=O) groups excluding carboxylic acids is 1. The van der Waals surface area contributed by atoms with Crippen molar-refractivity contribution >= 4 is 46.6 Å². The molecule has 0 spiro atoms. The van der Waals surface area contributed by atoms with Crippen molar-refractivity contribution in [3.05, 3.63) is 94.2 Å². The Hall–Kier alpha value is -3.00. The number of halogens is 2. The van der Waals surface area contributed by atoms with Crippen molar-refractivity contribution in [1.82, 2.24) is 14.8 Å². The van der Waals surface area contributed by atoms with E-state index in [0.717, 1.165) is 17.1 Å². The highest BCUT2D eigenvalue weighted by Gasteiger charge is 2.17. The first-order chi connectivity index (χ1) is 15.5. The second-order valence-electron chi connectivity index (χ2n) is 6.87. The molecule has 0 aliphatic carbocycles. The van der Waals surface area contributed by atoms with Crippen molar-refractivity contribution in [1.29, 1.82) is 0 Å². The lowest BCUT2D eigenvalue weighted by atomic mass is 10.1. The Bertz CT molecular complexity index is 1230. The molecule has 1 aromatic heterocycles. The second-order valence-corrected chi connectivity index (χ2v) is 8.69.